The largest absolute Gasteiger partial charge is 0.416 e. The normalized spacial score (nSPS) is 11.8. The molecule has 1 heterocycles. The van der Waals surface area contributed by atoms with Crippen LogP contribution in [0.15, 0.2) is 29.6 Å². The molecule has 0 saturated carbocycles. The van der Waals surface area contributed by atoms with E-state index in [0.29, 0.717) is 11.3 Å². The van der Waals surface area contributed by atoms with Crippen molar-refractivity contribution in [2.45, 2.75) is 12.4 Å². The van der Waals surface area contributed by atoms with Gasteiger partial charge in [0.15, 0.2) is 0 Å². The Morgan fingerprint density at radius 3 is 1.93 bits per heavy atom. The van der Waals surface area contributed by atoms with E-state index >= 15 is 0 Å². The van der Waals surface area contributed by atoms with Gasteiger partial charge in [0.1, 0.15) is 0 Å². The third-order valence-corrected chi connectivity index (χ3v) is 3.98. The Bertz CT molecular complexity index is 906. The van der Waals surface area contributed by atoms with Gasteiger partial charge >= 0.3 is 23.4 Å². The van der Waals surface area contributed by atoms with Crippen LogP contribution in [0.25, 0.3) is 0 Å². The van der Waals surface area contributed by atoms with Crippen molar-refractivity contribution in [2.75, 3.05) is 5.32 Å². The highest BCUT2D eigenvalue weighted by Gasteiger charge is 2.37. The molecular weight excluding hydrogens is 420 g/mol. The van der Waals surface area contributed by atoms with Crippen LogP contribution in [-0.4, -0.2) is 16.9 Å². The summed E-state index contributed by atoms with van der Waals surface area (Å²) in [5.74, 6) is -1.13. The molecule has 0 bridgehead atoms. The second kappa shape index (κ2) is 7.46. The lowest BCUT2D eigenvalue weighted by Crippen LogP contribution is -2.34. The minimum atomic E-state index is -5.11. The van der Waals surface area contributed by atoms with Gasteiger partial charge in [0, 0.05) is 17.1 Å². The van der Waals surface area contributed by atoms with E-state index in [2.05, 4.69) is 0 Å². The van der Waals surface area contributed by atoms with Crippen LogP contribution in [-0.2, 0) is 12.4 Å². The molecule has 3 amide bonds. The van der Waals surface area contributed by atoms with Gasteiger partial charge in [0.05, 0.1) is 21.6 Å². The molecule has 150 valence electrons. The number of amides is 3. The van der Waals surface area contributed by atoms with E-state index in [9.17, 15) is 46.0 Å². The number of nitro groups is 1. The van der Waals surface area contributed by atoms with E-state index in [1.165, 1.54) is 0 Å². The first kappa shape index (κ1) is 21.1. The average molecular weight is 427 g/mol. The molecule has 0 spiro atoms. The fourth-order valence-corrected chi connectivity index (χ4v) is 2.61. The Balaban J connectivity index is 2.20. The minimum Gasteiger partial charge on any atom is -0.308 e. The van der Waals surface area contributed by atoms with Crippen LogP contribution in [0.1, 0.15) is 21.5 Å². The molecule has 7 nitrogen and oxygen atoms in total. The predicted molar refractivity (Wildman–Crippen MR) is 83.9 cm³/mol. The van der Waals surface area contributed by atoms with E-state index < -0.39 is 51.0 Å². The number of carbonyl (C=O) groups is 2. The van der Waals surface area contributed by atoms with Gasteiger partial charge in [0.2, 0.25) is 0 Å². The van der Waals surface area contributed by atoms with E-state index in [0.717, 1.165) is 11.4 Å². The van der Waals surface area contributed by atoms with Gasteiger partial charge in [0.25, 0.3) is 5.91 Å². The summed E-state index contributed by atoms with van der Waals surface area (Å²) in [5.41, 5.74) is -4.45. The number of thiophene rings is 1. The molecule has 1 aromatic carbocycles. The molecule has 1 aromatic heterocycles. The summed E-state index contributed by atoms with van der Waals surface area (Å²) in [6, 6.07) is -0.187. The first-order valence-corrected chi connectivity index (χ1v) is 7.80. The average Bonchev–Trinajstić information content (AvgIpc) is 3.03. The van der Waals surface area contributed by atoms with Gasteiger partial charge in [-0.3, -0.25) is 20.2 Å². The van der Waals surface area contributed by atoms with E-state index in [4.69, 9.17) is 0 Å². The first-order chi connectivity index (χ1) is 12.8. The SMILES string of the molecule is O=C(NC(=O)c1csc([N+](=O)[O-])c1)Nc1cc(C(F)(F)F)cc(C(F)(F)F)c1. The highest BCUT2D eigenvalue weighted by molar-refractivity contribution is 7.13. The first-order valence-electron chi connectivity index (χ1n) is 6.92. The van der Waals surface area contributed by atoms with Gasteiger partial charge in [-0.25, -0.2) is 4.79 Å². The maximum absolute atomic E-state index is 12.8. The monoisotopic (exact) mass is 427 g/mol. The zero-order valence-corrected chi connectivity index (χ0v) is 14.0. The van der Waals surface area contributed by atoms with Crippen LogP contribution >= 0.6 is 11.3 Å². The Hall–Kier alpha value is -3.16. The molecule has 0 atom stereocenters. The highest BCUT2D eigenvalue weighted by Crippen LogP contribution is 2.37. The zero-order valence-electron chi connectivity index (χ0n) is 13.1. The van der Waals surface area contributed by atoms with Crippen molar-refractivity contribution < 1.29 is 40.9 Å². The molecule has 14 heteroatoms. The maximum atomic E-state index is 12.8. The molecule has 2 rings (SSSR count). The molecule has 28 heavy (non-hydrogen) atoms. The van der Waals surface area contributed by atoms with Crippen molar-refractivity contribution in [3.8, 4) is 0 Å². The second-order valence-corrected chi connectivity index (χ2v) is 6.02. The Morgan fingerprint density at radius 1 is 0.964 bits per heavy atom. The van der Waals surface area contributed by atoms with Crippen LogP contribution < -0.4 is 10.6 Å². The molecule has 0 fully saturated rings. The van der Waals surface area contributed by atoms with Crippen molar-refractivity contribution in [2.24, 2.45) is 0 Å². The number of hydrogen-bond donors (Lipinski definition) is 2. The van der Waals surface area contributed by atoms with Crippen molar-refractivity contribution in [1.82, 2.24) is 5.32 Å². The number of benzene rings is 1. The summed E-state index contributed by atoms with van der Waals surface area (Å²) < 4.78 is 76.6. The quantitative estimate of drug-likeness (QED) is 0.423. The number of anilines is 1. The van der Waals surface area contributed by atoms with Crippen LogP contribution in [0.4, 0.5) is 41.8 Å². The van der Waals surface area contributed by atoms with Crippen LogP contribution in [0, 0.1) is 10.1 Å². The van der Waals surface area contributed by atoms with Gasteiger partial charge in [-0.05, 0) is 18.2 Å². The third-order valence-electron chi connectivity index (χ3n) is 3.10. The lowest BCUT2D eigenvalue weighted by atomic mass is 10.1. The molecule has 2 N–H and O–H groups in total. The molecule has 0 saturated heterocycles. The summed E-state index contributed by atoms with van der Waals surface area (Å²) in [6.07, 6.45) is -10.2. The lowest BCUT2D eigenvalue weighted by molar-refractivity contribution is -0.380. The molecule has 2 aromatic rings. The number of rotatable bonds is 3. The second-order valence-electron chi connectivity index (χ2n) is 5.13. The minimum absolute atomic E-state index is 0.126. The van der Waals surface area contributed by atoms with Crippen molar-refractivity contribution in [3.05, 3.63) is 56.5 Å². The third kappa shape index (κ3) is 5.18. The summed E-state index contributed by atoms with van der Waals surface area (Å²) >= 11 is 0.585. The fraction of sp³-hybridized carbons (Fsp3) is 0.143. The lowest BCUT2D eigenvalue weighted by Gasteiger charge is -2.14. The van der Waals surface area contributed by atoms with Crippen molar-refractivity contribution >= 4 is 34.0 Å². The van der Waals surface area contributed by atoms with Gasteiger partial charge in [-0.2, -0.15) is 26.3 Å². The number of nitrogens with zero attached hydrogens (tertiary/aromatic N) is 1. The van der Waals surface area contributed by atoms with E-state index in [1.807, 2.05) is 0 Å². The Kier molecular flexibility index (Phi) is 5.63. The van der Waals surface area contributed by atoms with E-state index in [1.54, 1.807) is 10.6 Å². The number of alkyl halides is 6. The van der Waals surface area contributed by atoms with Crippen molar-refractivity contribution in [3.63, 3.8) is 0 Å². The smallest absolute Gasteiger partial charge is 0.308 e. The van der Waals surface area contributed by atoms with Gasteiger partial charge in [-0.1, -0.05) is 11.3 Å². The molecule has 0 aliphatic carbocycles. The number of urea groups is 1. The van der Waals surface area contributed by atoms with Gasteiger partial charge in [-0.15, -0.1) is 0 Å². The maximum Gasteiger partial charge on any atom is 0.416 e. The number of hydrogen-bond acceptors (Lipinski definition) is 5. The number of halogens is 6. The topological polar surface area (TPSA) is 101 Å². The number of nitrogens with one attached hydrogen (secondary N) is 2. The number of imide groups is 1. The van der Waals surface area contributed by atoms with Crippen LogP contribution in [0.3, 0.4) is 0 Å². The molecule has 0 aliphatic heterocycles. The summed E-state index contributed by atoms with van der Waals surface area (Å²) in [6.45, 7) is 0. The standard InChI is InChI=1S/C14H7F6N3O4S/c15-13(16,17)7-2-8(14(18,19)20)4-9(3-7)21-12(25)22-11(24)6-1-10(23(26)27)28-5-6/h1-5H,(H2,21,22,24,25). The highest BCUT2D eigenvalue weighted by atomic mass is 32.1. The summed E-state index contributed by atoms with van der Waals surface area (Å²) in [7, 11) is 0. The van der Waals surface area contributed by atoms with Crippen LogP contribution in [0.2, 0.25) is 0 Å². The molecular formula is C14H7F6N3O4S. The molecule has 0 unspecified atom stereocenters. The van der Waals surface area contributed by atoms with Crippen molar-refractivity contribution in [1.29, 1.82) is 0 Å². The van der Waals surface area contributed by atoms with Crippen LogP contribution in [0.5, 0.6) is 0 Å². The predicted octanol–water partition coefficient (Wildman–Crippen LogP) is 4.66. The molecule has 0 radical (unpaired) electrons. The zero-order chi connectivity index (χ0) is 21.3. The Morgan fingerprint density at radius 2 is 1.50 bits per heavy atom. The summed E-state index contributed by atoms with van der Waals surface area (Å²) in [4.78, 5) is 33.3. The Labute approximate surface area is 155 Å². The molecule has 0 aliphatic rings. The summed E-state index contributed by atoms with van der Waals surface area (Å²) in [5, 5.41) is 14.5. The fourth-order valence-electron chi connectivity index (χ4n) is 1.90. The number of carbonyl (C=O) groups excluding carboxylic acids is 2. The van der Waals surface area contributed by atoms with E-state index in [-0.39, 0.29) is 23.8 Å². The van der Waals surface area contributed by atoms with Gasteiger partial charge < -0.3 is 5.32 Å².